The third kappa shape index (κ3) is 2.03. The fraction of sp³-hybridized carbons (Fsp3) is 0. The van der Waals surface area contributed by atoms with Gasteiger partial charge in [-0.3, -0.25) is 0 Å². The summed E-state index contributed by atoms with van der Waals surface area (Å²) >= 11 is 0. The molecule has 0 spiro atoms. The molecule has 0 aromatic heterocycles. The summed E-state index contributed by atoms with van der Waals surface area (Å²) in [6.45, 7) is 0. The van der Waals surface area contributed by atoms with E-state index < -0.39 is 11.5 Å². The molecule has 16 heavy (non-hydrogen) atoms. The minimum absolute atomic E-state index is 0.146. The number of aromatic hydroxyl groups is 1. The summed E-state index contributed by atoms with van der Waals surface area (Å²) in [5.74, 6) is -1.30. The number of nitriles is 3. The molecule has 1 aromatic carbocycles. The van der Waals surface area contributed by atoms with Crippen molar-refractivity contribution >= 4 is 0 Å². The van der Waals surface area contributed by atoms with Crippen molar-refractivity contribution in [1.29, 1.82) is 15.8 Å². The molecule has 0 saturated heterocycles. The molecule has 0 amide bonds. The fourth-order valence-corrected chi connectivity index (χ4v) is 0.950. The van der Waals surface area contributed by atoms with E-state index in [1.165, 1.54) is 24.8 Å². The van der Waals surface area contributed by atoms with E-state index in [4.69, 9.17) is 15.8 Å². The summed E-state index contributed by atoms with van der Waals surface area (Å²) in [5.41, 5.74) is 0. The summed E-state index contributed by atoms with van der Waals surface area (Å²) < 4.78 is 13.3. The lowest BCUT2D eigenvalue weighted by atomic mass is 10.2. The van der Waals surface area contributed by atoms with Crippen LogP contribution in [0.3, 0.4) is 0 Å². The van der Waals surface area contributed by atoms with Gasteiger partial charge >= 0.3 is 0 Å². The number of ether oxygens (including phenoxy) is 3. The molecule has 0 unspecified atom stereocenters. The average molecular weight is 217 g/mol. The zero-order valence-corrected chi connectivity index (χ0v) is 7.67. The monoisotopic (exact) mass is 217 g/mol. The summed E-state index contributed by atoms with van der Waals surface area (Å²) in [5, 5.41) is 34.4. The number of phenols is 1. The molecule has 78 valence electrons. The summed E-state index contributed by atoms with van der Waals surface area (Å²) in [4.78, 5) is 0. The first-order chi connectivity index (χ1) is 7.74. The lowest BCUT2D eigenvalue weighted by molar-refractivity contribution is 0.378. The first kappa shape index (κ1) is 11.0. The number of rotatable bonds is 3. The molecule has 7 nitrogen and oxygen atoms in total. The standard InChI is InChI=1S/C9H3N3O4/c10-3-14-7-2-1-6(13)8(15-4-11)9(7)16-5-12/h1-2,13H. The molecular weight excluding hydrogens is 214 g/mol. The quantitative estimate of drug-likeness (QED) is 0.749. The molecular formula is C9H3N3O4. The van der Waals surface area contributed by atoms with Gasteiger partial charge in [-0.2, -0.15) is 0 Å². The maximum Gasteiger partial charge on any atom is 0.292 e. The fourth-order valence-electron chi connectivity index (χ4n) is 0.950. The van der Waals surface area contributed by atoms with Gasteiger partial charge in [0.15, 0.2) is 11.5 Å². The van der Waals surface area contributed by atoms with E-state index in [0.29, 0.717) is 0 Å². The van der Waals surface area contributed by atoms with E-state index in [0.717, 1.165) is 6.07 Å². The number of nitrogens with zero attached hydrogens (tertiary/aromatic N) is 3. The maximum atomic E-state index is 9.34. The van der Waals surface area contributed by atoms with Gasteiger partial charge in [0.1, 0.15) is 0 Å². The van der Waals surface area contributed by atoms with E-state index >= 15 is 0 Å². The maximum absolute atomic E-state index is 9.34. The van der Waals surface area contributed by atoms with E-state index in [2.05, 4.69) is 14.2 Å². The minimum Gasteiger partial charge on any atom is -0.504 e. The molecule has 0 aliphatic rings. The van der Waals surface area contributed by atoms with Crippen LogP contribution in [-0.4, -0.2) is 5.11 Å². The van der Waals surface area contributed by atoms with Crippen molar-refractivity contribution in [2.24, 2.45) is 0 Å². The number of benzene rings is 1. The zero-order chi connectivity index (χ0) is 12.0. The second kappa shape index (κ2) is 4.94. The van der Waals surface area contributed by atoms with Crippen LogP contribution in [0.25, 0.3) is 0 Å². The Morgan fingerprint density at radius 1 is 0.875 bits per heavy atom. The summed E-state index contributed by atoms with van der Waals surface area (Å²) in [7, 11) is 0. The van der Waals surface area contributed by atoms with Crippen molar-refractivity contribution in [3.05, 3.63) is 12.1 Å². The van der Waals surface area contributed by atoms with Gasteiger partial charge in [-0.05, 0) is 12.1 Å². The molecule has 1 N–H and O–H groups in total. The topological polar surface area (TPSA) is 119 Å². The van der Waals surface area contributed by atoms with E-state index in [1.807, 2.05) is 0 Å². The van der Waals surface area contributed by atoms with Gasteiger partial charge in [-0.1, -0.05) is 0 Å². The lowest BCUT2D eigenvalue weighted by Gasteiger charge is -2.07. The van der Waals surface area contributed by atoms with Crippen LogP contribution in [0.4, 0.5) is 0 Å². The predicted octanol–water partition coefficient (Wildman–Crippen LogP) is 0.972. The van der Waals surface area contributed by atoms with Crippen molar-refractivity contribution in [2.75, 3.05) is 0 Å². The highest BCUT2D eigenvalue weighted by Gasteiger charge is 2.18. The third-order valence-electron chi connectivity index (χ3n) is 1.51. The zero-order valence-electron chi connectivity index (χ0n) is 7.67. The largest absolute Gasteiger partial charge is 0.504 e. The normalized spacial score (nSPS) is 8.06. The molecule has 0 atom stereocenters. The van der Waals surface area contributed by atoms with E-state index in [1.54, 1.807) is 0 Å². The number of hydrogen-bond donors (Lipinski definition) is 1. The van der Waals surface area contributed by atoms with Crippen molar-refractivity contribution in [3.63, 3.8) is 0 Å². The first-order valence-electron chi connectivity index (χ1n) is 3.78. The highest BCUT2D eigenvalue weighted by atomic mass is 16.5. The smallest absolute Gasteiger partial charge is 0.292 e. The third-order valence-corrected chi connectivity index (χ3v) is 1.51. The number of phenolic OH excluding ortho intramolecular Hbond substituents is 1. The second-order valence-electron chi connectivity index (χ2n) is 2.32. The van der Waals surface area contributed by atoms with E-state index in [-0.39, 0.29) is 11.5 Å². The van der Waals surface area contributed by atoms with Crippen LogP contribution in [0.5, 0.6) is 23.0 Å². The first-order valence-corrected chi connectivity index (χ1v) is 3.78. The van der Waals surface area contributed by atoms with Crippen LogP contribution >= 0.6 is 0 Å². The molecule has 0 bridgehead atoms. The Kier molecular flexibility index (Phi) is 3.39. The molecule has 0 radical (unpaired) electrons. The Labute approximate surface area is 89.8 Å². The van der Waals surface area contributed by atoms with Gasteiger partial charge < -0.3 is 19.3 Å². The Morgan fingerprint density at radius 2 is 1.44 bits per heavy atom. The van der Waals surface area contributed by atoms with E-state index in [9.17, 15) is 5.11 Å². The molecule has 0 aliphatic carbocycles. The molecule has 0 heterocycles. The average Bonchev–Trinajstić information content (AvgIpc) is 2.27. The molecule has 0 fully saturated rings. The van der Waals surface area contributed by atoms with Crippen LogP contribution in [0, 0.1) is 34.6 Å². The van der Waals surface area contributed by atoms with Crippen molar-refractivity contribution in [2.45, 2.75) is 0 Å². The van der Waals surface area contributed by atoms with Crippen LogP contribution in [0.2, 0.25) is 0 Å². The molecule has 0 saturated carbocycles. The van der Waals surface area contributed by atoms with Crippen LogP contribution in [0.1, 0.15) is 0 Å². The Bertz CT molecular complexity index is 521. The lowest BCUT2D eigenvalue weighted by Crippen LogP contribution is -1.94. The SMILES string of the molecule is N#COc1ccc(O)c(OC#N)c1OC#N. The highest BCUT2D eigenvalue weighted by molar-refractivity contribution is 5.59. The Morgan fingerprint density at radius 3 is 2.00 bits per heavy atom. The molecule has 1 aromatic rings. The van der Waals surface area contributed by atoms with Crippen LogP contribution in [0.15, 0.2) is 12.1 Å². The number of hydrogen-bond acceptors (Lipinski definition) is 7. The van der Waals surface area contributed by atoms with Crippen LogP contribution in [-0.2, 0) is 0 Å². The predicted molar refractivity (Wildman–Crippen MR) is 46.8 cm³/mol. The molecule has 7 heteroatoms. The summed E-state index contributed by atoms with van der Waals surface area (Å²) in [6.07, 6.45) is 3.99. The van der Waals surface area contributed by atoms with Gasteiger partial charge in [0.05, 0.1) is 0 Å². The van der Waals surface area contributed by atoms with Gasteiger partial charge in [-0.15, -0.1) is 15.8 Å². The Hall–Kier alpha value is -3.11. The van der Waals surface area contributed by atoms with Crippen molar-refractivity contribution in [3.8, 4) is 41.8 Å². The van der Waals surface area contributed by atoms with Gasteiger partial charge in [-0.25, -0.2) is 0 Å². The Balaban J connectivity index is 3.34. The van der Waals surface area contributed by atoms with Gasteiger partial charge in [0, 0.05) is 0 Å². The van der Waals surface area contributed by atoms with Crippen molar-refractivity contribution in [1.82, 2.24) is 0 Å². The van der Waals surface area contributed by atoms with Gasteiger partial charge in [0.25, 0.3) is 18.8 Å². The minimum atomic E-state index is -0.419. The summed E-state index contributed by atoms with van der Waals surface area (Å²) in [6, 6.07) is 2.32. The van der Waals surface area contributed by atoms with Gasteiger partial charge in [0.2, 0.25) is 11.5 Å². The second-order valence-corrected chi connectivity index (χ2v) is 2.32. The van der Waals surface area contributed by atoms with Crippen molar-refractivity contribution < 1.29 is 19.3 Å². The van der Waals surface area contributed by atoms with Crippen LogP contribution < -0.4 is 14.2 Å². The molecule has 1 rings (SSSR count). The highest BCUT2D eigenvalue weighted by Crippen LogP contribution is 2.43. The molecule has 0 aliphatic heterocycles.